The van der Waals surface area contributed by atoms with Crippen molar-refractivity contribution >= 4 is 0 Å². The molecule has 106 valence electrons. The zero-order valence-electron chi connectivity index (χ0n) is 11.6. The molecule has 0 amide bonds. The van der Waals surface area contributed by atoms with Crippen LogP contribution in [-0.2, 0) is 13.0 Å². The molecule has 0 radical (unpaired) electrons. The fourth-order valence-electron chi connectivity index (χ4n) is 2.27. The lowest BCUT2D eigenvalue weighted by Gasteiger charge is -2.13. The fraction of sp³-hybridized carbons (Fsp3) is 0.375. The molecular formula is C16H19NO3. The van der Waals surface area contributed by atoms with Gasteiger partial charge in [0.15, 0.2) is 11.5 Å². The number of hydrogen-bond acceptors (Lipinski definition) is 4. The molecule has 1 aromatic heterocycles. The number of ether oxygens (including phenoxy) is 2. The van der Waals surface area contributed by atoms with E-state index < -0.39 is 0 Å². The van der Waals surface area contributed by atoms with Crippen LogP contribution >= 0.6 is 0 Å². The van der Waals surface area contributed by atoms with Gasteiger partial charge in [0.05, 0.1) is 12.5 Å². The van der Waals surface area contributed by atoms with E-state index >= 15 is 0 Å². The van der Waals surface area contributed by atoms with Crippen molar-refractivity contribution in [2.45, 2.75) is 32.4 Å². The van der Waals surface area contributed by atoms with Crippen molar-refractivity contribution in [3.8, 4) is 11.5 Å². The topological polar surface area (TPSA) is 43.6 Å². The molecule has 1 N–H and O–H groups in total. The summed E-state index contributed by atoms with van der Waals surface area (Å²) in [7, 11) is 0. The van der Waals surface area contributed by atoms with Gasteiger partial charge < -0.3 is 19.2 Å². The van der Waals surface area contributed by atoms with E-state index in [1.165, 1.54) is 11.1 Å². The van der Waals surface area contributed by atoms with E-state index in [2.05, 4.69) is 24.4 Å². The molecule has 2 heterocycles. The van der Waals surface area contributed by atoms with Crippen molar-refractivity contribution in [3.63, 3.8) is 0 Å². The van der Waals surface area contributed by atoms with E-state index in [0.29, 0.717) is 12.8 Å². The predicted molar refractivity (Wildman–Crippen MR) is 75.9 cm³/mol. The highest BCUT2D eigenvalue weighted by atomic mass is 16.7. The second-order valence-electron chi connectivity index (χ2n) is 5.14. The van der Waals surface area contributed by atoms with E-state index in [1.807, 2.05) is 12.1 Å². The molecule has 0 saturated heterocycles. The van der Waals surface area contributed by atoms with Crippen LogP contribution in [-0.4, -0.2) is 12.8 Å². The van der Waals surface area contributed by atoms with Crippen LogP contribution in [0.4, 0.5) is 0 Å². The standard InChI is InChI=1S/C16H19NO3/c1-12(17-9-14-6-7-18-10-14)2-3-13-4-5-15-16(8-13)20-11-19-15/h4-8,10,12,17H,2-3,9,11H2,1H3. The Balaban J connectivity index is 1.46. The molecule has 1 aliphatic heterocycles. The number of aryl methyl sites for hydroxylation is 1. The van der Waals surface area contributed by atoms with Crippen LogP contribution in [0.25, 0.3) is 0 Å². The van der Waals surface area contributed by atoms with Crippen molar-refractivity contribution in [3.05, 3.63) is 47.9 Å². The van der Waals surface area contributed by atoms with Gasteiger partial charge in [-0.3, -0.25) is 0 Å². The molecule has 0 saturated carbocycles. The third kappa shape index (κ3) is 3.14. The zero-order chi connectivity index (χ0) is 13.8. The SMILES string of the molecule is CC(CCc1ccc2c(c1)OCO2)NCc1ccoc1. The van der Waals surface area contributed by atoms with Crippen molar-refractivity contribution < 1.29 is 13.9 Å². The number of furan rings is 1. The smallest absolute Gasteiger partial charge is 0.231 e. The monoisotopic (exact) mass is 273 g/mol. The third-order valence-corrected chi connectivity index (χ3v) is 3.54. The van der Waals surface area contributed by atoms with Crippen LogP contribution in [0.1, 0.15) is 24.5 Å². The van der Waals surface area contributed by atoms with E-state index in [0.717, 1.165) is 30.9 Å². The number of hydrogen-bond donors (Lipinski definition) is 1. The average Bonchev–Trinajstić information content (AvgIpc) is 3.13. The Kier molecular flexibility index (Phi) is 3.92. The maximum absolute atomic E-state index is 5.39. The molecule has 1 aromatic carbocycles. The normalized spacial score (nSPS) is 14.4. The fourth-order valence-corrected chi connectivity index (χ4v) is 2.27. The molecule has 1 unspecified atom stereocenters. The Labute approximate surface area is 118 Å². The van der Waals surface area contributed by atoms with Crippen molar-refractivity contribution in [2.75, 3.05) is 6.79 Å². The Bertz CT molecular complexity index is 551. The van der Waals surface area contributed by atoms with Gasteiger partial charge in [-0.05, 0) is 43.5 Å². The highest BCUT2D eigenvalue weighted by Gasteiger charge is 2.13. The number of nitrogens with one attached hydrogen (secondary N) is 1. The molecule has 1 atom stereocenters. The first-order chi connectivity index (χ1) is 9.81. The van der Waals surface area contributed by atoms with E-state index in [1.54, 1.807) is 12.5 Å². The lowest BCUT2D eigenvalue weighted by Crippen LogP contribution is -2.25. The Morgan fingerprint density at radius 2 is 2.05 bits per heavy atom. The summed E-state index contributed by atoms with van der Waals surface area (Å²) < 4.78 is 15.8. The van der Waals surface area contributed by atoms with E-state index in [9.17, 15) is 0 Å². The van der Waals surface area contributed by atoms with Crippen LogP contribution in [0.5, 0.6) is 11.5 Å². The van der Waals surface area contributed by atoms with Crippen LogP contribution < -0.4 is 14.8 Å². The molecule has 2 aromatic rings. The first-order valence-electron chi connectivity index (χ1n) is 6.94. The van der Waals surface area contributed by atoms with Gasteiger partial charge in [-0.2, -0.15) is 0 Å². The highest BCUT2D eigenvalue weighted by molar-refractivity contribution is 5.44. The molecule has 4 nitrogen and oxygen atoms in total. The van der Waals surface area contributed by atoms with E-state index in [4.69, 9.17) is 13.9 Å². The minimum Gasteiger partial charge on any atom is -0.472 e. The second-order valence-corrected chi connectivity index (χ2v) is 5.14. The Morgan fingerprint density at radius 1 is 1.15 bits per heavy atom. The lowest BCUT2D eigenvalue weighted by molar-refractivity contribution is 0.174. The first-order valence-corrected chi connectivity index (χ1v) is 6.94. The molecule has 0 aliphatic carbocycles. The van der Waals surface area contributed by atoms with Crippen molar-refractivity contribution in [1.29, 1.82) is 0 Å². The average molecular weight is 273 g/mol. The van der Waals surface area contributed by atoms with Crippen LogP contribution in [0.2, 0.25) is 0 Å². The summed E-state index contributed by atoms with van der Waals surface area (Å²) in [6, 6.07) is 8.61. The molecule has 0 spiro atoms. The molecule has 3 rings (SSSR count). The van der Waals surface area contributed by atoms with Gasteiger partial charge in [0, 0.05) is 18.2 Å². The molecule has 1 aliphatic rings. The Morgan fingerprint density at radius 3 is 2.90 bits per heavy atom. The van der Waals surface area contributed by atoms with Crippen molar-refractivity contribution in [1.82, 2.24) is 5.32 Å². The molecular weight excluding hydrogens is 254 g/mol. The predicted octanol–water partition coefficient (Wildman–Crippen LogP) is 3.12. The number of rotatable bonds is 6. The largest absolute Gasteiger partial charge is 0.472 e. The summed E-state index contributed by atoms with van der Waals surface area (Å²) in [5.41, 5.74) is 2.46. The van der Waals surface area contributed by atoms with Gasteiger partial charge in [-0.25, -0.2) is 0 Å². The summed E-state index contributed by atoms with van der Waals surface area (Å²) in [5, 5.41) is 3.49. The van der Waals surface area contributed by atoms with Gasteiger partial charge in [0.2, 0.25) is 6.79 Å². The quantitative estimate of drug-likeness (QED) is 0.878. The second kappa shape index (κ2) is 6.01. The summed E-state index contributed by atoms with van der Waals surface area (Å²) in [6.07, 6.45) is 5.58. The minimum atomic E-state index is 0.335. The number of fused-ring (bicyclic) bond motifs is 1. The van der Waals surface area contributed by atoms with Gasteiger partial charge in [-0.15, -0.1) is 0 Å². The van der Waals surface area contributed by atoms with Gasteiger partial charge in [0.1, 0.15) is 0 Å². The van der Waals surface area contributed by atoms with Crippen LogP contribution in [0.15, 0.2) is 41.2 Å². The molecule has 4 heteroatoms. The van der Waals surface area contributed by atoms with Crippen LogP contribution in [0, 0.1) is 0 Å². The molecule has 20 heavy (non-hydrogen) atoms. The molecule has 0 fully saturated rings. The Hall–Kier alpha value is -1.94. The first kappa shape index (κ1) is 13.1. The van der Waals surface area contributed by atoms with Gasteiger partial charge in [-0.1, -0.05) is 6.07 Å². The lowest BCUT2D eigenvalue weighted by atomic mass is 10.1. The summed E-state index contributed by atoms with van der Waals surface area (Å²) in [5.74, 6) is 1.71. The van der Waals surface area contributed by atoms with Gasteiger partial charge in [0.25, 0.3) is 0 Å². The maximum Gasteiger partial charge on any atom is 0.231 e. The van der Waals surface area contributed by atoms with Crippen molar-refractivity contribution in [2.24, 2.45) is 0 Å². The number of benzene rings is 1. The van der Waals surface area contributed by atoms with Gasteiger partial charge >= 0.3 is 0 Å². The molecule has 0 bridgehead atoms. The zero-order valence-corrected chi connectivity index (χ0v) is 11.6. The van der Waals surface area contributed by atoms with E-state index in [-0.39, 0.29) is 0 Å². The summed E-state index contributed by atoms with van der Waals surface area (Å²) in [6.45, 7) is 3.38. The summed E-state index contributed by atoms with van der Waals surface area (Å²) >= 11 is 0. The summed E-state index contributed by atoms with van der Waals surface area (Å²) in [4.78, 5) is 0. The van der Waals surface area contributed by atoms with Crippen LogP contribution in [0.3, 0.4) is 0 Å². The third-order valence-electron chi connectivity index (χ3n) is 3.54. The maximum atomic E-state index is 5.39. The minimum absolute atomic E-state index is 0.335. The highest BCUT2D eigenvalue weighted by Crippen LogP contribution is 2.32.